The highest BCUT2D eigenvalue weighted by Crippen LogP contribution is 2.47. The van der Waals surface area contributed by atoms with Crippen LogP contribution < -0.4 is 0 Å². The molecule has 2 unspecified atom stereocenters. The van der Waals surface area contributed by atoms with E-state index in [-0.39, 0.29) is 6.92 Å². The highest BCUT2D eigenvalue weighted by Gasteiger charge is 2.66. The molecule has 0 aromatic heterocycles. The largest absolute Gasteiger partial charge is 0.423 e. The summed E-state index contributed by atoms with van der Waals surface area (Å²) in [6.45, 7) is 0.0347. The number of alkyl halides is 5. The SMILES string of the molecule is CC(N=O)(C(F)(F)F)C(F)(F)P. The van der Waals surface area contributed by atoms with Crippen molar-refractivity contribution < 1.29 is 22.0 Å². The highest BCUT2D eigenvalue weighted by molar-refractivity contribution is 7.18. The molecule has 0 saturated heterocycles. The molecule has 0 N–H and O–H groups in total. The van der Waals surface area contributed by atoms with Gasteiger partial charge in [-0.3, -0.25) is 0 Å². The molecule has 0 aliphatic heterocycles. The van der Waals surface area contributed by atoms with Crippen molar-refractivity contribution in [2.75, 3.05) is 0 Å². The number of hydrogen-bond acceptors (Lipinski definition) is 2. The van der Waals surface area contributed by atoms with E-state index < -0.39 is 17.4 Å². The third kappa shape index (κ3) is 1.71. The van der Waals surface area contributed by atoms with Gasteiger partial charge in [-0.2, -0.15) is 22.0 Å². The lowest BCUT2D eigenvalue weighted by atomic mass is 10.0. The summed E-state index contributed by atoms with van der Waals surface area (Å²) in [5, 5.41) is 1.42. The Hall–Kier alpha value is -0.320. The molecule has 0 radical (unpaired) electrons. The fraction of sp³-hybridized carbons (Fsp3) is 1.00. The summed E-state index contributed by atoms with van der Waals surface area (Å²) >= 11 is 0. The van der Waals surface area contributed by atoms with Crippen LogP contribution in [0, 0.1) is 4.91 Å². The molecule has 0 spiro atoms. The van der Waals surface area contributed by atoms with Gasteiger partial charge in [-0.25, -0.2) is 0 Å². The minimum atomic E-state index is -5.36. The van der Waals surface area contributed by atoms with Gasteiger partial charge in [-0.05, 0) is 12.1 Å². The minimum absolute atomic E-state index is 0.0347. The monoisotopic (exact) mass is 209 g/mol. The maximum atomic E-state index is 12.2. The first-order valence-electron chi connectivity index (χ1n) is 2.64. The van der Waals surface area contributed by atoms with Gasteiger partial charge in [0.05, 0.1) is 0 Å². The van der Waals surface area contributed by atoms with Crippen molar-refractivity contribution in [3.05, 3.63) is 4.91 Å². The molecule has 0 aromatic carbocycles. The van der Waals surface area contributed by atoms with Crippen molar-refractivity contribution in [3.8, 4) is 0 Å². The Morgan fingerprint density at radius 1 is 1.17 bits per heavy atom. The second kappa shape index (κ2) is 2.87. The van der Waals surface area contributed by atoms with Gasteiger partial charge in [0.2, 0.25) is 0 Å². The summed E-state index contributed by atoms with van der Waals surface area (Å²) in [6, 6.07) is 0. The number of rotatable bonds is 2. The van der Waals surface area contributed by atoms with Gasteiger partial charge in [0.25, 0.3) is 11.2 Å². The summed E-state index contributed by atoms with van der Waals surface area (Å²) in [7, 11) is 0.645. The lowest BCUT2D eigenvalue weighted by Crippen LogP contribution is -2.51. The number of hydrogen-bond donors (Lipinski definition) is 0. The first-order valence-corrected chi connectivity index (χ1v) is 3.22. The van der Waals surface area contributed by atoms with Crippen LogP contribution in [0.25, 0.3) is 0 Å². The summed E-state index contributed by atoms with van der Waals surface area (Å²) in [5.74, 6) is 0. The zero-order chi connectivity index (χ0) is 10.2. The first-order chi connectivity index (χ1) is 5.06. The molecule has 0 rings (SSSR count). The van der Waals surface area contributed by atoms with Crippen LogP contribution in [-0.4, -0.2) is 17.4 Å². The number of nitroso groups, excluding NO2 is 1. The van der Waals surface area contributed by atoms with Crippen molar-refractivity contribution in [1.82, 2.24) is 0 Å². The van der Waals surface area contributed by atoms with Crippen molar-refractivity contribution >= 4 is 9.24 Å². The molecular weight excluding hydrogens is 204 g/mol. The summed E-state index contributed by atoms with van der Waals surface area (Å²) < 4.78 is 59.9. The number of nitrogens with zero attached hydrogens (tertiary/aromatic N) is 1. The van der Waals surface area contributed by atoms with Crippen molar-refractivity contribution in [1.29, 1.82) is 0 Å². The zero-order valence-corrected chi connectivity index (χ0v) is 6.98. The average molecular weight is 209 g/mol. The molecular formula is C4H5F5NOP. The van der Waals surface area contributed by atoms with Crippen LogP contribution in [0.1, 0.15) is 6.92 Å². The van der Waals surface area contributed by atoms with Gasteiger partial charge in [-0.1, -0.05) is 9.24 Å². The van der Waals surface area contributed by atoms with Crippen LogP contribution in [0.2, 0.25) is 0 Å². The minimum Gasteiger partial charge on any atom is -0.199 e. The van der Waals surface area contributed by atoms with Gasteiger partial charge in [-0.15, -0.1) is 4.91 Å². The lowest BCUT2D eigenvalue weighted by Gasteiger charge is -2.29. The standard InChI is InChI=1S/C4H5F5NOP/c1-2(10-11,3(5,6)7)4(8,9)12/h12H2,1H3. The van der Waals surface area contributed by atoms with E-state index in [1.165, 1.54) is 5.18 Å². The Labute approximate surface area is 66.7 Å². The normalized spacial score (nSPS) is 18.6. The predicted octanol–water partition coefficient (Wildman–Crippen LogP) is 2.54. The third-order valence-corrected chi connectivity index (χ3v) is 1.95. The van der Waals surface area contributed by atoms with E-state index in [1.54, 1.807) is 0 Å². The zero-order valence-electron chi connectivity index (χ0n) is 5.82. The molecule has 0 aliphatic carbocycles. The second-order valence-electron chi connectivity index (χ2n) is 2.28. The fourth-order valence-corrected chi connectivity index (χ4v) is 0.518. The Bertz CT molecular complexity index is 171. The summed E-state index contributed by atoms with van der Waals surface area (Å²) in [4.78, 5) is 9.66. The van der Waals surface area contributed by atoms with E-state index in [2.05, 4.69) is 0 Å². The molecule has 0 aromatic rings. The molecule has 12 heavy (non-hydrogen) atoms. The van der Waals surface area contributed by atoms with Crippen molar-refractivity contribution in [2.24, 2.45) is 5.18 Å². The maximum Gasteiger partial charge on any atom is 0.423 e. The Kier molecular flexibility index (Phi) is 2.79. The quantitative estimate of drug-likeness (QED) is 0.390. The third-order valence-electron chi connectivity index (χ3n) is 1.38. The average Bonchev–Trinajstić information content (AvgIpc) is 1.81. The van der Waals surface area contributed by atoms with E-state index >= 15 is 0 Å². The topological polar surface area (TPSA) is 29.4 Å². The van der Waals surface area contributed by atoms with Gasteiger partial charge in [0.15, 0.2) is 0 Å². The molecule has 0 amide bonds. The Morgan fingerprint density at radius 3 is 1.50 bits per heavy atom. The van der Waals surface area contributed by atoms with E-state index in [0.29, 0.717) is 9.24 Å². The van der Waals surface area contributed by atoms with Gasteiger partial charge in [0, 0.05) is 0 Å². The van der Waals surface area contributed by atoms with Crippen LogP contribution in [-0.2, 0) is 0 Å². The van der Waals surface area contributed by atoms with E-state index in [9.17, 15) is 26.9 Å². The molecule has 0 saturated carbocycles. The lowest BCUT2D eigenvalue weighted by molar-refractivity contribution is -0.221. The maximum absolute atomic E-state index is 12.2. The van der Waals surface area contributed by atoms with Crippen LogP contribution in [0.4, 0.5) is 22.0 Å². The fourth-order valence-electron chi connectivity index (χ4n) is 0.302. The van der Waals surface area contributed by atoms with Crippen molar-refractivity contribution in [3.63, 3.8) is 0 Å². The molecule has 8 heteroatoms. The Morgan fingerprint density at radius 2 is 1.50 bits per heavy atom. The first kappa shape index (κ1) is 11.7. The number of halogens is 5. The van der Waals surface area contributed by atoms with Crippen molar-refractivity contribution in [2.45, 2.75) is 24.3 Å². The summed E-state index contributed by atoms with van der Waals surface area (Å²) in [5.41, 5.74) is -8.18. The van der Waals surface area contributed by atoms with Crippen LogP contribution in [0.5, 0.6) is 0 Å². The molecule has 0 aliphatic rings. The van der Waals surface area contributed by atoms with Crippen LogP contribution in [0.15, 0.2) is 5.18 Å². The molecule has 2 atom stereocenters. The van der Waals surface area contributed by atoms with Crippen LogP contribution in [0.3, 0.4) is 0 Å². The van der Waals surface area contributed by atoms with Gasteiger partial charge >= 0.3 is 6.18 Å². The molecule has 0 heterocycles. The highest BCUT2D eigenvalue weighted by atomic mass is 31.0. The molecule has 2 nitrogen and oxygen atoms in total. The second-order valence-corrected chi connectivity index (χ2v) is 3.01. The molecule has 0 bridgehead atoms. The van der Waals surface area contributed by atoms with Gasteiger partial charge < -0.3 is 0 Å². The molecule has 0 fully saturated rings. The van der Waals surface area contributed by atoms with E-state index in [4.69, 9.17) is 0 Å². The smallest absolute Gasteiger partial charge is 0.199 e. The van der Waals surface area contributed by atoms with E-state index in [0.717, 1.165) is 0 Å². The Balaban J connectivity index is 5.09. The predicted molar refractivity (Wildman–Crippen MR) is 34.9 cm³/mol. The molecule has 72 valence electrons. The van der Waals surface area contributed by atoms with Gasteiger partial charge in [0.1, 0.15) is 0 Å². The van der Waals surface area contributed by atoms with E-state index in [1.807, 2.05) is 0 Å². The summed E-state index contributed by atoms with van der Waals surface area (Å²) in [6.07, 6.45) is -5.36. The van der Waals surface area contributed by atoms with Crippen LogP contribution >= 0.6 is 9.24 Å².